The number of pyridine rings is 1. The van der Waals surface area contributed by atoms with E-state index in [4.69, 9.17) is 4.74 Å². The molecule has 2 heterocycles. The zero-order chi connectivity index (χ0) is 17.3. The van der Waals surface area contributed by atoms with Crippen molar-refractivity contribution in [2.24, 2.45) is 7.05 Å². The maximum Gasteiger partial charge on any atom is 0.280 e. The minimum atomic E-state index is -2.71. The highest BCUT2D eigenvalue weighted by molar-refractivity contribution is 6.08. The summed E-state index contributed by atoms with van der Waals surface area (Å²) in [7, 11) is 3.21. The number of amides is 1. The van der Waals surface area contributed by atoms with Gasteiger partial charge in [0, 0.05) is 24.7 Å². The first-order valence-electron chi connectivity index (χ1n) is 7.06. The third-order valence-electron chi connectivity index (χ3n) is 3.42. The van der Waals surface area contributed by atoms with Crippen LogP contribution in [0.1, 0.15) is 22.5 Å². The number of methoxy groups -OCH3 is 1. The van der Waals surface area contributed by atoms with Crippen LogP contribution in [-0.2, 0) is 7.05 Å². The quantitative estimate of drug-likeness (QED) is 0.797. The maximum absolute atomic E-state index is 12.7. The first kappa shape index (κ1) is 15.9. The molecular weight excluding hydrogens is 318 g/mol. The van der Waals surface area contributed by atoms with Gasteiger partial charge < -0.3 is 10.1 Å². The van der Waals surface area contributed by atoms with Crippen molar-refractivity contribution in [2.75, 3.05) is 12.4 Å². The van der Waals surface area contributed by atoms with Gasteiger partial charge in [0.15, 0.2) is 0 Å². The predicted octanol–water partition coefficient (Wildman–Crippen LogP) is 3.17. The maximum atomic E-state index is 12.7. The van der Waals surface area contributed by atoms with E-state index < -0.39 is 18.0 Å². The summed E-state index contributed by atoms with van der Waals surface area (Å²) in [6, 6.07) is 7.33. The average Bonchev–Trinajstić information content (AvgIpc) is 2.92. The van der Waals surface area contributed by atoms with Crippen molar-refractivity contribution >= 4 is 22.6 Å². The Morgan fingerprint density at radius 1 is 1.33 bits per heavy atom. The first-order chi connectivity index (χ1) is 11.5. The van der Waals surface area contributed by atoms with E-state index in [1.165, 1.54) is 25.3 Å². The normalized spacial score (nSPS) is 11.0. The highest BCUT2D eigenvalue weighted by atomic mass is 19.3. The van der Waals surface area contributed by atoms with Crippen molar-refractivity contribution in [1.29, 1.82) is 0 Å². The van der Waals surface area contributed by atoms with Crippen LogP contribution in [0.15, 0.2) is 36.5 Å². The Balaban J connectivity index is 1.94. The number of anilines is 1. The Morgan fingerprint density at radius 2 is 2.12 bits per heavy atom. The van der Waals surface area contributed by atoms with Gasteiger partial charge >= 0.3 is 0 Å². The second-order valence-electron chi connectivity index (χ2n) is 5.12. The summed E-state index contributed by atoms with van der Waals surface area (Å²) in [6.07, 6.45) is -0.940. The third-order valence-corrected chi connectivity index (χ3v) is 3.42. The fourth-order valence-corrected chi connectivity index (χ4v) is 2.35. The molecule has 3 rings (SSSR count). The highest BCUT2D eigenvalue weighted by Gasteiger charge is 2.17. The number of benzene rings is 1. The van der Waals surface area contributed by atoms with Gasteiger partial charge in [-0.05, 0) is 18.2 Å². The Hall–Kier alpha value is -3.03. The standard InChI is InChI=1S/C16H14F2N4O2/c1-22-8-9-6-10(13(24-2)7-12(9)21-22)16(23)20-14-5-3-4-11(19-14)15(17)18/h3-8,15H,1-2H3,(H,19,20,23). The summed E-state index contributed by atoms with van der Waals surface area (Å²) in [5.41, 5.74) is 0.549. The Kier molecular flexibility index (Phi) is 4.11. The summed E-state index contributed by atoms with van der Waals surface area (Å²) < 4.78 is 32.3. The number of carbonyl (C=O) groups is 1. The molecule has 1 N–H and O–H groups in total. The number of carbonyl (C=O) groups excluding carboxylic acids is 1. The zero-order valence-electron chi connectivity index (χ0n) is 13.0. The van der Waals surface area contributed by atoms with E-state index in [0.29, 0.717) is 11.3 Å². The van der Waals surface area contributed by atoms with Gasteiger partial charge in [0.1, 0.15) is 17.3 Å². The summed E-state index contributed by atoms with van der Waals surface area (Å²) in [6.45, 7) is 0. The third kappa shape index (κ3) is 3.03. The molecule has 0 spiro atoms. The molecule has 0 fully saturated rings. The van der Waals surface area contributed by atoms with E-state index in [1.807, 2.05) is 0 Å². The molecule has 8 heteroatoms. The topological polar surface area (TPSA) is 69.0 Å². The van der Waals surface area contributed by atoms with Gasteiger partial charge in [0.2, 0.25) is 0 Å². The number of hydrogen-bond donors (Lipinski definition) is 1. The predicted molar refractivity (Wildman–Crippen MR) is 84.4 cm³/mol. The molecule has 2 aromatic heterocycles. The monoisotopic (exact) mass is 332 g/mol. The number of hydrogen-bond acceptors (Lipinski definition) is 4. The molecule has 0 aliphatic rings. The molecule has 0 bridgehead atoms. The Labute approximate surface area is 136 Å². The number of nitrogens with zero attached hydrogens (tertiary/aromatic N) is 3. The van der Waals surface area contributed by atoms with Crippen LogP contribution < -0.4 is 10.1 Å². The first-order valence-corrected chi connectivity index (χ1v) is 7.06. The lowest BCUT2D eigenvalue weighted by Crippen LogP contribution is -2.14. The van der Waals surface area contributed by atoms with Gasteiger partial charge in [0.25, 0.3) is 12.3 Å². The van der Waals surface area contributed by atoms with Crippen LogP contribution in [-0.4, -0.2) is 27.8 Å². The second kappa shape index (κ2) is 6.23. The largest absolute Gasteiger partial charge is 0.496 e. The molecular formula is C16H14F2N4O2. The number of nitrogens with one attached hydrogen (secondary N) is 1. The summed E-state index contributed by atoms with van der Waals surface area (Å²) in [5, 5.41) is 7.52. The van der Waals surface area contributed by atoms with Gasteiger partial charge in [-0.25, -0.2) is 13.8 Å². The lowest BCUT2D eigenvalue weighted by molar-refractivity contribution is 0.102. The molecule has 0 saturated heterocycles. The van der Waals surface area contributed by atoms with Gasteiger partial charge in [0.05, 0.1) is 18.2 Å². The summed E-state index contributed by atoms with van der Waals surface area (Å²) >= 11 is 0. The zero-order valence-corrected chi connectivity index (χ0v) is 13.0. The van der Waals surface area contributed by atoms with Crippen molar-refractivity contribution in [3.63, 3.8) is 0 Å². The number of fused-ring (bicyclic) bond motifs is 1. The molecule has 0 aliphatic carbocycles. The molecule has 1 amide bonds. The molecule has 0 radical (unpaired) electrons. The van der Waals surface area contributed by atoms with Crippen LogP contribution in [0.5, 0.6) is 5.75 Å². The van der Waals surface area contributed by atoms with E-state index in [2.05, 4.69) is 15.4 Å². The van der Waals surface area contributed by atoms with E-state index in [9.17, 15) is 13.6 Å². The van der Waals surface area contributed by atoms with Gasteiger partial charge in [-0.1, -0.05) is 6.07 Å². The fourth-order valence-electron chi connectivity index (χ4n) is 2.35. The Bertz CT molecular complexity index is 908. The van der Waals surface area contributed by atoms with Crippen LogP contribution in [0, 0.1) is 0 Å². The van der Waals surface area contributed by atoms with Crippen LogP contribution in [0.25, 0.3) is 10.9 Å². The van der Waals surface area contributed by atoms with Crippen LogP contribution in [0.2, 0.25) is 0 Å². The minimum absolute atomic E-state index is 0.0473. The number of aromatic nitrogens is 3. The molecule has 24 heavy (non-hydrogen) atoms. The number of rotatable bonds is 4. The molecule has 6 nitrogen and oxygen atoms in total. The summed E-state index contributed by atoms with van der Waals surface area (Å²) in [4.78, 5) is 16.2. The van der Waals surface area contributed by atoms with Crippen molar-refractivity contribution in [1.82, 2.24) is 14.8 Å². The average molecular weight is 332 g/mol. The van der Waals surface area contributed by atoms with Crippen molar-refractivity contribution in [2.45, 2.75) is 6.43 Å². The molecule has 0 unspecified atom stereocenters. The molecule has 1 aromatic carbocycles. The number of aryl methyl sites for hydroxylation is 1. The van der Waals surface area contributed by atoms with Crippen molar-refractivity contribution in [3.05, 3.63) is 47.8 Å². The van der Waals surface area contributed by atoms with Crippen LogP contribution in [0.3, 0.4) is 0 Å². The van der Waals surface area contributed by atoms with Gasteiger partial charge in [-0.2, -0.15) is 5.10 Å². The van der Waals surface area contributed by atoms with Gasteiger partial charge in [-0.15, -0.1) is 0 Å². The van der Waals surface area contributed by atoms with E-state index in [1.54, 1.807) is 30.1 Å². The molecule has 124 valence electrons. The van der Waals surface area contributed by atoms with Crippen molar-refractivity contribution in [3.8, 4) is 5.75 Å². The lowest BCUT2D eigenvalue weighted by Gasteiger charge is -2.10. The molecule has 0 saturated carbocycles. The lowest BCUT2D eigenvalue weighted by atomic mass is 10.1. The number of alkyl halides is 2. The van der Waals surface area contributed by atoms with E-state index in [0.717, 1.165) is 5.39 Å². The Morgan fingerprint density at radius 3 is 2.83 bits per heavy atom. The molecule has 3 aromatic rings. The van der Waals surface area contributed by atoms with Gasteiger partial charge in [-0.3, -0.25) is 9.48 Å². The fraction of sp³-hybridized carbons (Fsp3) is 0.188. The van der Waals surface area contributed by atoms with E-state index >= 15 is 0 Å². The van der Waals surface area contributed by atoms with Crippen LogP contribution in [0.4, 0.5) is 14.6 Å². The van der Waals surface area contributed by atoms with Crippen LogP contribution >= 0.6 is 0 Å². The second-order valence-corrected chi connectivity index (χ2v) is 5.12. The summed E-state index contributed by atoms with van der Waals surface area (Å²) in [5.74, 6) is -0.119. The number of ether oxygens (including phenoxy) is 1. The van der Waals surface area contributed by atoms with E-state index in [-0.39, 0.29) is 11.4 Å². The van der Waals surface area contributed by atoms with Crippen molar-refractivity contribution < 1.29 is 18.3 Å². The SMILES string of the molecule is COc1cc2nn(C)cc2cc1C(=O)Nc1cccc(C(F)F)n1. The minimum Gasteiger partial charge on any atom is -0.496 e. The number of halogens is 2. The molecule has 0 atom stereocenters. The highest BCUT2D eigenvalue weighted by Crippen LogP contribution is 2.26. The smallest absolute Gasteiger partial charge is 0.280 e. The molecule has 0 aliphatic heterocycles.